The lowest BCUT2D eigenvalue weighted by Gasteiger charge is -2.17. The van der Waals surface area contributed by atoms with Gasteiger partial charge in [-0.15, -0.1) is 0 Å². The molecule has 6 aromatic rings. The largest absolute Gasteiger partial charge is 0.339 e. The van der Waals surface area contributed by atoms with Gasteiger partial charge in [-0.1, -0.05) is 50.2 Å². The minimum atomic E-state index is 1.000. The number of unbranched alkanes of at least 4 members (excludes halogenated alkanes) is 1. The molecule has 3 heterocycles. The Bertz CT molecular complexity index is 1560. The van der Waals surface area contributed by atoms with E-state index in [1.54, 1.807) is 0 Å². The van der Waals surface area contributed by atoms with Gasteiger partial charge < -0.3 is 19.7 Å². The van der Waals surface area contributed by atoms with Gasteiger partial charge in [-0.25, -0.2) is 4.98 Å². The molecule has 0 atom stereocenters. The number of para-hydroxylation sites is 2. The van der Waals surface area contributed by atoms with Gasteiger partial charge in [0.2, 0.25) is 0 Å². The second kappa shape index (κ2) is 7.68. The first-order valence-corrected chi connectivity index (χ1v) is 11.8. The summed E-state index contributed by atoms with van der Waals surface area (Å²) in [6, 6.07) is 17.3. The fraction of sp³-hybridized carbons (Fsp3) is 0.296. The Hall–Kier alpha value is -3.31. The number of hydrogen-bond donors (Lipinski definition) is 2. The van der Waals surface area contributed by atoms with Crippen molar-refractivity contribution in [2.45, 2.75) is 33.2 Å². The molecule has 0 unspecified atom stereocenters. The van der Waals surface area contributed by atoms with E-state index in [-0.39, 0.29) is 0 Å². The van der Waals surface area contributed by atoms with Gasteiger partial charge in [0.1, 0.15) is 0 Å². The van der Waals surface area contributed by atoms with E-state index in [4.69, 9.17) is 4.98 Å². The Kier molecular flexibility index (Phi) is 4.65. The summed E-state index contributed by atoms with van der Waals surface area (Å²) < 4.78 is 2.52. The molecule has 0 aliphatic heterocycles. The van der Waals surface area contributed by atoms with Gasteiger partial charge in [0.25, 0.3) is 0 Å². The zero-order chi connectivity index (χ0) is 21.7. The van der Waals surface area contributed by atoms with E-state index < -0.39 is 0 Å². The molecule has 0 bridgehead atoms. The van der Waals surface area contributed by atoms with Crippen molar-refractivity contribution in [2.75, 3.05) is 19.6 Å². The van der Waals surface area contributed by atoms with Crippen LogP contribution in [0.2, 0.25) is 0 Å². The van der Waals surface area contributed by atoms with Crippen LogP contribution in [0.3, 0.4) is 0 Å². The number of aromatic nitrogens is 4. The Morgan fingerprint density at radius 2 is 1.66 bits per heavy atom. The molecule has 32 heavy (non-hydrogen) atoms. The highest BCUT2D eigenvalue weighted by Crippen LogP contribution is 2.42. The summed E-state index contributed by atoms with van der Waals surface area (Å²) in [6.07, 6.45) is 4.44. The Labute approximate surface area is 187 Å². The van der Waals surface area contributed by atoms with Crippen LogP contribution in [0.5, 0.6) is 0 Å². The van der Waals surface area contributed by atoms with Gasteiger partial charge in [-0.2, -0.15) is 0 Å². The molecule has 0 saturated heterocycles. The van der Waals surface area contributed by atoms with Crippen LogP contribution in [0, 0.1) is 0 Å². The first kappa shape index (κ1) is 19.4. The lowest BCUT2D eigenvalue weighted by molar-refractivity contribution is 0.295. The first-order chi connectivity index (χ1) is 15.8. The van der Waals surface area contributed by atoms with Crippen LogP contribution in [0.25, 0.3) is 54.5 Å². The Morgan fingerprint density at radius 3 is 2.50 bits per heavy atom. The van der Waals surface area contributed by atoms with Gasteiger partial charge in [0.05, 0.1) is 22.1 Å². The topological polar surface area (TPSA) is 52.6 Å². The first-order valence-electron chi connectivity index (χ1n) is 11.8. The quantitative estimate of drug-likeness (QED) is 0.291. The molecule has 162 valence electrons. The van der Waals surface area contributed by atoms with Crippen LogP contribution in [0.4, 0.5) is 0 Å². The van der Waals surface area contributed by atoms with Crippen molar-refractivity contribution >= 4 is 54.5 Å². The van der Waals surface area contributed by atoms with Gasteiger partial charge in [-0.05, 0) is 44.6 Å². The number of benzene rings is 3. The van der Waals surface area contributed by atoms with E-state index >= 15 is 0 Å². The maximum atomic E-state index is 5.16. The minimum absolute atomic E-state index is 1.000. The van der Waals surface area contributed by atoms with E-state index in [1.807, 2.05) is 0 Å². The van der Waals surface area contributed by atoms with E-state index in [0.29, 0.717) is 0 Å². The third-order valence-electron chi connectivity index (χ3n) is 7.04. The summed E-state index contributed by atoms with van der Waals surface area (Å²) in [5, 5.41) is 12.9. The van der Waals surface area contributed by atoms with Crippen molar-refractivity contribution in [3.8, 4) is 0 Å². The number of H-pyrrole nitrogens is 2. The molecule has 6 rings (SSSR count). The second-order valence-electron chi connectivity index (χ2n) is 8.68. The summed E-state index contributed by atoms with van der Waals surface area (Å²) in [5.41, 5.74) is 5.89. The van der Waals surface area contributed by atoms with Crippen molar-refractivity contribution in [3.05, 3.63) is 54.7 Å². The highest BCUT2D eigenvalue weighted by atomic mass is 15.1. The van der Waals surface area contributed by atoms with Gasteiger partial charge in [-0.3, -0.25) is 0 Å². The summed E-state index contributed by atoms with van der Waals surface area (Å²) >= 11 is 0. The van der Waals surface area contributed by atoms with E-state index in [9.17, 15) is 0 Å². The summed E-state index contributed by atoms with van der Waals surface area (Å²) in [4.78, 5) is 7.66. The standard InChI is InChI=1S/C27H29N5/c1-3-31(4-2)15-9-10-16-32-22-14-8-6-12-19(22)24-25-20(17-28-30-25)23-18-11-5-7-13-21(18)29-26(23)27(24)32/h5-8,11-14,17,28,30H,3-4,9-10,15-16H2,1-2H3. The van der Waals surface area contributed by atoms with Gasteiger partial charge >= 0.3 is 0 Å². The average molecular weight is 424 g/mol. The molecule has 3 aromatic heterocycles. The van der Waals surface area contributed by atoms with Crippen molar-refractivity contribution < 1.29 is 0 Å². The SMILES string of the molecule is CCN(CC)CCCCn1c2ccccc2c2c3[nH][nH]cc3c3c4ccccc4nc3c21. The zero-order valence-electron chi connectivity index (χ0n) is 18.8. The fourth-order valence-corrected chi connectivity index (χ4v) is 5.42. The minimum Gasteiger partial charge on any atom is -0.339 e. The molecule has 5 heteroatoms. The molecule has 0 aliphatic rings. The third-order valence-corrected chi connectivity index (χ3v) is 7.04. The highest BCUT2D eigenvalue weighted by molar-refractivity contribution is 6.34. The monoisotopic (exact) mass is 423 g/mol. The number of nitrogens with zero attached hydrogens (tertiary/aromatic N) is 3. The number of aromatic amines is 2. The van der Waals surface area contributed by atoms with Crippen LogP contribution in [-0.2, 0) is 6.54 Å². The second-order valence-corrected chi connectivity index (χ2v) is 8.68. The molecule has 2 N–H and O–H groups in total. The predicted octanol–water partition coefficient (Wildman–Crippen LogP) is 6.43. The van der Waals surface area contributed by atoms with Gasteiger partial charge in [0.15, 0.2) is 0 Å². The van der Waals surface area contributed by atoms with Crippen molar-refractivity contribution in [1.29, 1.82) is 0 Å². The predicted molar refractivity (Wildman–Crippen MR) is 135 cm³/mol. The van der Waals surface area contributed by atoms with E-state index in [0.717, 1.165) is 43.6 Å². The van der Waals surface area contributed by atoms with E-state index in [2.05, 4.69) is 88.2 Å². The summed E-state index contributed by atoms with van der Waals surface area (Å²) in [5.74, 6) is 0. The van der Waals surface area contributed by atoms with Crippen LogP contribution >= 0.6 is 0 Å². The third kappa shape index (κ3) is 2.77. The van der Waals surface area contributed by atoms with E-state index in [1.165, 1.54) is 49.9 Å². The Balaban J connectivity index is 1.61. The van der Waals surface area contributed by atoms with Crippen LogP contribution in [-0.4, -0.2) is 44.3 Å². The van der Waals surface area contributed by atoms with Crippen molar-refractivity contribution in [2.24, 2.45) is 0 Å². The maximum absolute atomic E-state index is 5.16. The number of hydrogen-bond acceptors (Lipinski definition) is 2. The lowest BCUT2D eigenvalue weighted by atomic mass is 10.0. The summed E-state index contributed by atoms with van der Waals surface area (Å²) in [6.45, 7) is 8.90. The lowest BCUT2D eigenvalue weighted by Crippen LogP contribution is -2.24. The molecule has 0 fully saturated rings. The zero-order valence-corrected chi connectivity index (χ0v) is 18.8. The number of nitrogens with one attached hydrogen (secondary N) is 2. The van der Waals surface area contributed by atoms with Crippen LogP contribution < -0.4 is 0 Å². The molecule has 0 saturated carbocycles. The molecular formula is C27H29N5. The molecular weight excluding hydrogens is 394 g/mol. The molecule has 3 aromatic carbocycles. The number of rotatable bonds is 7. The molecule has 0 amide bonds. The van der Waals surface area contributed by atoms with Crippen molar-refractivity contribution in [3.63, 3.8) is 0 Å². The number of fused-ring (bicyclic) bond motifs is 10. The van der Waals surface area contributed by atoms with Crippen LogP contribution in [0.15, 0.2) is 54.7 Å². The normalized spacial score (nSPS) is 12.5. The van der Waals surface area contributed by atoms with Crippen molar-refractivity contribution in [1.82, 2.24) is 24.6 Å². The Morgan fingerprint density at radius 1 is 0.875 bits per heavy atom. The maximum Gasteiger partial charge on any atom is 0.0967 e. The molecule has 0 radical (unpaired) electrons. The molecule has 5 nitrogen and oxygen atoms in total. The highest BCUT2D eigenvalue weighted by Gasteiger charge is 2.21. The smallest absolute Gasteiger partial charge is 0.0967 e. The van der Waals surface area contributed by atoms with Crippen LogP contribution in [0.1, 0.15) is 26.7 Å². The fourth-order valence-electron chi connectivity index (χ4n) is 5.42. The van der Waals surface area contributed by atoms with Gasteiger partial charge in [0, 0.05) is 45.2 Å². The molecule has 0 aliphatic carbocycles. The average Bonchev–Trinajstić information content (AvgIpc) is 3.53. The number of aryl methyl sites for hydroxylation is 1. The summed E-state index contributed by atoms with van der Waals surface area (Å²) in [7, 11) is 0. The molecule has 0 spiro atoms.